The summed E-state index contributed by atoms with van der Waals surface area (Å²) in [6.07, 6.45) is 0.993. The van der Waals surface area contributed by atoms with Gasteiger partial charge in [-0.25, -0.2) is 4.98 Å². The van der Waals surface area contributed by atoms with Crippen molar-refractivity contribution in [3.63, 3.8) is 0 Å². The Morgan fingerprint density at radius 3 is 2.52 bits per heavy atom. The molecule has 1 aromatic carbocycles. The van der Waals surface area contributed by atoms with Crippen molar-refractivity contribution >= 4 is 11.6 Å². The molecule has 0 amide bonds. The molecular formula is C23H19ClN4O3. The van der Waals surface area contributed by atoms with Crippen LogP contribution in [0.5, 0.6) is 0 Å². The van der Waals surface area contributed by atoms with Gasteiger partial charge >= 0.3 is 0 Å². The second kappa shape index (κ2) is 8.89. The summed E-state index contributed by atoms with van der Waals surface area (Å²) in [6, 6.07) is 13.4. The lowest BCUT2D eigenvalue weighted by atomic mass is 10.00. The molecule has 2 aromatic heterocycles. The van der Waals surface area contributed by atoms with Crippen LogP contribution in [0.2, 0.25) is 5.15 Å². The van der Waals surface area contributed by atoms with Gasteiger partial charge < -0.3 is 19.1 Å². The molecule has 8 heteroatoms. The molecule has 3 aromatic rings. The number of nitrogens with zero attached hydrogens (tertiary/aromatic N) is 4. The Kier molecular flexibility index (Phi) is 6.03. The number of hydrogen-bond acceptors (Lipinski definition) is 6. The molecule has 0 unspecified atom stereocenters. The maximum atomic E-state index is 10.1. The lowest BCUT2D eigenvalue weighted by Crippen LogP contribution is -2.12. The van der Waals surface area contributed by atoms with E-state index in [9.17, 15) is 10.4 Å². The zero-order valence-electron chi connectivity index (χ0n) is 16.8. The third-order valence-corrected chi connectivity index (χ3v) is 5.64. The summed E-state index contributed by atoms with van der Waals surface area (Å²) in [4.78, 5) is 4.16. The van der Waals surface area contributed by atoms with E-state index in [1.165, 1.54) is 0 Å². The van der Waals surface area contributed by atoms with E-state index in [1.807, 2.05) is 23.6 Å². The van der Waals surface area contributed by atoms with Crippen LogP contribution in [0.25, 0.3) is 11.1 Å². The summed E-state index contributed by atoms with van der Waals surface area (Å²) in [5.74, 6) is 0. The van der Waals surface area contributed by atoms with Gasteiger partial charge in [-0.1, -0.05) is 23.7 Å². The predicted molar refractivity (Wildman–Crippen MR) is 113 cm³/mol. The average Bonchev–Trinajstić information content (AvgIpc) is 3.41. The molecule has 3 heterocycles. The molecule has 1 N–H and O–H groups in total. The lowest BCUT2D eigenvalue weighted by Gasteiger charge is -2.16. The van der Waals surface area contributed by atoms with Crippen LogP contribution in [-0.4, -0.2) is 27.9 Å². The van der Waals surface area contributed by atoms with Crippen LogP contribution in [0.4, 0.5) is 0 Å². The molecule has 4 rings (SSSR count). The average molecular weight is 435 g/mol. The van der Waals surface area contributed by atoms with Crippen LogP contribution in [0.1, 0.15) is 39.9 Å². The number of aromatic nitrogens is 2. The maximum Gasteiger partial charge on any atom is 0.200 e. The highest BCUT2D eigenvalue weighted by atomic mass is 35.5. The summed E-state index contributed by atoms with van der Waals surface area (Å²) in [5.41, 5.74) is 5.47. The van der Waals surface area contributed by atoms with Gasteiger partial charge in [0.25, 0.3) is 0 Å². The monoisotopic (exact) mass is 434 g/mol. The van der Waals surface area contributed by atoms with Crippen LogP contribution >= 0.6 is 11.6 Å². The lowest BCUT2D eigenvalue weighted by molar-refractivity contribution is -0.0497. The summed E-state index contributed by atoms with van der Waals surface area (Å²) in [7, 11) is 0. The minimum atomic E-state index is -0.655. The van der Waals surface area contributed by atoms with Crippen molar-refractivity contribution in [1.29, 1.82) is 10.5 Å². The first-order chi connectivity index (χ1) is 15.1. The first kappa shape index (κ1) is 21.0. The summed E-state index contributed by atoms with van der Waals surface area (Å²) < 4.78 is 13.5. The first-order valence-corrected chi connectivity index (χ1v) is 10.1. The number of halogens is 1. The van der Waals surface area contributed by atoms with Crippen LogP contribution in [-0.2, 0) is 22.6 Å². The molecule has 1 aliphatic rings. The number of hydrogen-bond donors (Lipinski definition) is 1. The fraction of sp³-hybridized carbons (Fsp3) is 0.261. The van der Waals surface area contributed by atoms with Crippen molar-refractivity contribution in [2.24, 2.45) is 0 Å². The number of benzene rings is 1. The van der Waals surface area contributed by atoms with Crippen LogP contribution in [0, 0.1) is 29.6 Å². The number of pyridine rings is 1. The highest BCUT2D eigenvalue weighted by Crippen LogP contribution is 2.38. The number of ether oxygens (including phenoxy) is 2. The standard InChI is InChI=1S/C23H19ClN4O3/c1-14-20(17-4-2-15(9-25)3-5-17)19(10-26)21(23-30-6-7-31-23)28(14)12-16-8-18(13-29)22(24)27-11-16/h2-5,8,11,23,29H,6-7,12-13H2,1H3. The van der Waals surface area contributed by atoms with E-state index in [0.717, 1.165) is 22.4 Å². The molecule has 0 saturated carbocycles. The van der Waals surface area contributed by atoms with Crippen molar-refractivity contribution < 1.29 is 14.6 Å². The minimum Gasteiger partial charge on any atom is -0.392 e. The van der Waals surface area contributed by atoms with E-state index < -0.39 is 6.29 Å². The Bertz CT molecular complexity index is 1200. The van der Waals surface area contributed by atoms with Gasteiger partial charge in [0.1, 0.15) is 11.2 Å². The Labute approximate surface area is 184 Å². The number of aliphatic hydroxyl groups excluding tert-OH is 1. The molecular weight excluding hydrogens is 416 g/mol. The normalized spacial score (nSPS) is 13.8. The van der Waals surface area contributed by atoms with E-state index in [0.29, 0.717) is 42.1 Å². The van der Waals surface area contributed by atoms with Gasteiger partial charge in [-0.15, -0.1) is 0 Å². The zero-order valence-corrected chi connectivity index (χ0v) is 17.6. The number of nitriles is 2. The molecule has 31 heavy (non-hydrogen) atoms. The highest BCUT2D eigenvalue weighted by molar-refractivity contribution is 6.30. The Hall–Kier alpha value is -3.20. The molecule has 0 atom stereocenters. The molecule has 0 aliphatic carbocycles. The predicted octanol–water partition coefficient (Wildman–Crippen LogP) is 3.84. The minimum absolute atomic E-state index is 0.216. The second-order valence-corrected chi connectivity index (χ2v) is 7.49. The molecule has 7 nitrogen and oxygen atoms in total. The van der Waals surface area contributed by atoms with E-state index >= 15 is 0 Å². The number of rotatable bonds is 5. The largest absolute Gasteiger partial charge is 0.392 e. The Balaban J connectivity index is 1.88. The van der Waals surface area contributed by atoms with Crippen LogP contribution < -0.4 is 0 Å². The zero-order chi connectivity index (χ0) is 22.0. The first-order valence-electron chi connectivity index (χ1n) is 9.68. The topological polar surface area (TPSA) is 104 Å². The van der Waals surface area contributed by atoms with Gasteiger partial charge in [-0.3, -0.25) is 0 Å². The van der Waals surface area contributed by atoms with Crippen molar-refractivity contribution in [3.8, 4) is 23.3 Å². The third-order valence-electron chi connectivity index (χ3n) is 5.30. The van der Waals surface area contributed by atoms with Gasteiger partial charge in [-0.2, -0.15) is 10.5 Å². The number of aliphatic hydroxyl groups is 1. The van der Waals surface area contributed by atoms with Gasteiger partial charge in [-0.05, 0) is 36.2 Å². The van der Waals surface area contributed by atoms with Crippen molar-refractivity contribution in [3.05, 3.63) is 75.3 Å². The second-order valence-electron chi connectivity index (χ2n) is 7.13. The summed E-state index contributed by atoms with van der Waals surface area (Å²) in [6.45, 7) is 3.01. The molecule has 1 fully saturated rings. The summed E-state index contributed by atoms with van der Waals surface area (Å²) in [5, 5.41) is 28.9. The van der Waals surface area contributed by atoms with Crippen molar-refractivity contribution in [2.75, 3.05) is 13.2 Å². The molecule has 1 saturated heterocycles. The maximum absolute atomic E-state index is 10.1. The Morgan fingerprint density at radius 1 is 1.19 bits per heavy atom. The smallest absolute Gasteiger partial charge is 0.200 e. The van der Waals surface area contributed by atoms with Gasteiger partial charge in [0.15, 0.2) is 0 Å². The molecule has 0 spiro atoms. The van der Waals surface area contributed by atoms with Crippen LogP contribution in [0.15, 0.2) is 36.5 Å². The van der Waals surface area contributed by atoms with Gasteiger partial charge in [0.2, 0.25) is 6.29 Å². The Morgan fingerprint density at radius 2 is 1.90 bits per heavy atom. The molecule has 0 radical (unpaired) electrons. The third kappa shape index (κ3) is 3.93. The van der Waals surface area contributed by atoms with E-state index in [-0.39, 0.29) is 11.8 Å². The van der Waals surface area contributed by atoms with E-state index in [2.05, 4.69) is 17.1 Å². The molecule has 0 bridgehead atoms. The van der Waals surface area contributed by atoms with Crippen LogP contribution in [0.3, 0.4) is 0 Å². The van der Waals surface area contributed by atoms with Gasteiger partial charge in [0.05, 0.1) is 42.7 Å². The highest BCUT2D eigenvalue weighted by Gasteiger charge is 2.31. The SMILES string of the molecule is Cc1c(-c2ccc(C#N)cc2)c(C#N)c(C2OCCO2)n1Cc1cnc(Cl)c(CO)c1. The van der Waals surface area contributed by atoms with E-state index in [1.54, 1.807) is 24.4 Å². The fourth-order valence-corrected chi connectivity index (χ4v) is 3.99. The fourth-order valence-electron chi connectivity index (χ4n) is 3.83. The van der Waals surface area contributed by atoms with Crippen molar-refractivity contribution in [1.82, 2.24) is 9.55 Å². The van der Waals surface area contributed by atoms with Crippen molar-refractivity contribution in [2.45, 2.75) is 26.4 Å². The van der Waals surface area contributed by atoms with E-state index in [4.69, 9.17) is 26.3 Å². The summed E-state index contributed by atoms with van der Waals surface area (Å²) >= 11 is 6.04. The quantitative estimate of drug-likeness (QED) is 0.612. The molecule has 156 valence electrons. The van der Waals surface area contributed by atoms with Gasteiger partial charge in [0, 0.05) is 29.6 Å². The molecule has 1 aliphatic heterocycles.